The number of allylic oxidation sites excluding steroid dienone is 4. The molecule has 0 aliphatic carbocycles. The molecule has 1 unspecified atom stereocenters. The lowest BCUT2D eigenvalue weighted by Gasteiger charge is -2.43. The number of esters is 1. The maximum absolute atomic E-state index is 12.6. The van der Waals surface area contributed by atoms with Crippen molar-refractivity contribution in [1.29, 1.82) is 0 Å². The van der Waals surface area contributed by atoms with Gasteiger partial charge in [-0.2, -0.15) is 0 Å². The van der Waals surface area contributed by atoms with Gasteiger partial charge in [0.15, 0.2) is 0 Å². The fourth-order valence-electron chi connectivity index (χ4n) is 7.10. The molecule has 3 nitrogen and oxygen atoms in total. The van der Waals surface area contributed by atoms with Gasteiger partial charge in [-0.3, -0.25) is 4.79 Å². The lowest BCUT2D eigenvalue weighted by Crippen LogP contribution is -2.66. The molecule has 280 valence electrons. The van der Waals surface area contributed by atoms with Crippen LogP contribution in [0.15, 0.2) is 85.0 Å². The molecule has 1 atom stereocenters. The molecule has 0 bridgehead atoms. The highest BCUT2D eigenvalue weighted by molar-refractivity contribution is 6.99. The van der Waals surface area contributed by atoms with Gasteiger partial charge >= 0.3 is 5.97 Å². The Balaban J connectivity index is 1.86. The number of hydrogen-bond donors (Lipinski definition) is 0. The Morgan fingerprint density at radius 3 is 1.70 bits per heavy atom. The van der Waals surface area contributed by atoms with Gasteiger partial charge in [-0.1, -0.05) is 190 Å². The Kier molecular flexibility index (Phi) is 23.8. The minimum atomic E-state index is -2.56. The first kappa shape index (κ1) is 43.7. The Hall–Kier alpha value is -2.43. The molecule has 0 N–H and O–H groups in total. The predicted octanol–water partition coefficient (Wildman–Crippen LogP) is 12.7. The number of hydrogen-bond acceptors (Lipinski definition) is 3. The third kappa shape index (κ3) is 17.7. The van der Waals surface area contributed by atoms with Gasteiger partial charge in [-0.05, 0) is 72.7 Å². The zero-order chi connectivity index (χ0) is 36.2. The first-order valence-electron chi connectivity index (χ1n) is 20.6. The predicted molar refractivity (Wildman–Crippen MR) is 220 cm³/mol. The molecule has 0 radical (unpaired) electrons. The lowest BCUT2D eigenvalue weighted by atomic mass is 9.93. The summed E-state index contributed by atoms with van der Waals surface area (Å²) < 4.78 is 12.8. The smallest absolute Gasteiger partial charge is 0.305 e. The highest BCUT2D eigenvalue weighted by Gasteiger charge is 2.50. The van der Waals surface area contributed by atoms with Gasteiger partial charge in [-0.25, -0.2) is 0 Å². The minimum absolute atomic E-state index is 0.0331. The minimum Gasteiger partial charge on any atom is -0.466 e. The van der Waals surface area contributed by atoms with Crippen LogP contribution in [0.25, 0.3) is 0 Å². The molecule has 0 aliphatic rings. The second-order valence-electron chi connectivity index (χ2n) is 15.4. The first-order valence-corrected chi connectivity index (χ1v) is 22.5. The van der Waals surface area contributed by atoms with Crippen molar-refractivity contribution in [2.45, 2.75) is 168 Å². The van der Waals surface area contributed by atoms with Crippen molar-refractivity contribution in [2.75, 3.05) is 13.2 Å². The van der Waals surface area contributed by atoms with E-state index in [0.29, 0.717) is 25.6 Å². The molecule has 0 fully saturated rings. The van der Waals surface area contributed by atoms with Gasteiger partial charge in [0.05, 0.1) is 6.61 Å². The Morgan fingerprint density at radius 1 is 0.620 bits per heavy atom. The third-order valence-electron chi connectivity index (χ3n) is 10.1. The van der Waals surface area contributed by atoms with Crippen molar-refractivity contribution in [3.63, 3.8) is 0 Å². The van der Waals surface area contributed by atoms with Crippen LogP contribution in [-0.4, -0.2) is 27.5 Å². The summed E-state index contributed by atoms with van der Waals surface area (Å²) in [5.41, 5.74) is 0. The topological polar surface area (TPSA) is 35.5 Å². The monoisotopic (exact) mass is 703 g/mol. The first-order chi connectivity index (χ1) is 24.3. The summed E-state index contributed by atoms with van der Waals surface area (Å²) >= 11 is 0. The highest BCUT2D eigenvalue weighted by Crippen LogP contribution is 2.37. The van der Waals surface area contributed by atoms with Gasteiger partial charge < -0.3 is 9.16 Å². The Labute approximate surface area is 309 Å². The Bertz CT molecular complexity index is 1110. The van der Waals surface area contributed by atoms with E-state index in [0.717, 1.165) is 44.9 Å². The van der Waals surface area contributed by atoms with Crippen molar-refractivity contribution < 1.29 is 14.0 Å². The summed E-state index contributed by atoms with van der Waals surface area (Å²) in [6, 6.07) is 21.9. The van der Waals surface area contributed by atoms with Crippen molar-refractivity contribution in [2.24, 2.45) is 5.92 Å². The largest absolute Gasteiger partial charge is 0.466 e. The van der Waals surface area contributed by atoms with Crippen molar-refractivity contribution in [1.82, 2.24) is 0 Å². The second kappa shape index (κ2) is 27.2. The number of carbonyl (C=O) groups excluding carboxylic acids is 1. The SMILES string of the molecule is CCCCC/C=C\C/C=C\CCCCCCCCCC(CCO[Si](c1ccccc1)(c1ccccc1)C(C)(C)C)CCC(=O)OCCCCC. The number of rotatable bonds is 29. The molecule has 50 heavy (non-hydrogen) atoms. The van der Waals surface area contributed by atoms with E-state index in [1.807, 2.05) is 0 Å². The molecular weight excluding hydrogens is 629 g/mol. The van der Waals surface area contributed by atoms with E-state index in [4.69, 9.17) is 9.16 Å². The molecule has 0 saturated heterocycles. The van der Waals surface area contributed by atoms with Crippen molar-refractivity contribution in [3.05, 3.63) is 85.0 Å². The lowest BCUT2D eigenvalue weighted by molar-refractivity contribution is -0.144. The van der Waals surface area contributed by atoms with Crippen LogP contribution < -0.4 is 10.4 Å². The van der Waals surface area contributed by atoms with Gasteiger partial charge in [0, 0.05) is 13.0 Å². The van der Waals surface area contributed by atoms with E-state index in [9.17, 15) is 4.79 Å². The summed E-state index contributed by atoms with van der Waals surface area (Å²) in [5, 5.41) is 2.62. The molecule has 0 saturated carbocycles. The number of unbranched alkanes of at least 4 members (excludes halogenated alkanes) is 12. The number of carbonyl (C=O) groups is 1. The summed E-state index contributed by atoms with van der Waals surface area (Å²) in [6.45, 7) is 12.7. The molecule has 2 aromatic carbocycles. The standard InChI is InChI=1S/C46H74O3Si/c1-6-8-10-11-12-13-14-15-16-17-18-19-20-21-22-23-26-32-42(37-38-45(47)48-40-31-9-7-2)39-41-49-50(46(3,4)5,43-33-27-24-28-34-43)44-35-29-25-30-36-44/h12-13,15-16,24-25,27-30,33-36,42H,6-11,14,17-23,26,31-32,37-41H2,1-5H3/b13-12-,16-15-. The fraction of sp³-hybridized carbons (Fsp3) is 0.630. The number of ether oxygens (including phenoxy) is 1. The van der Waals surface area contributed by atoms with Gasteiger partial charge in [0.2, 0.25) is 0 Å². The van der Waals surface area contributed by atoms with Crippen LogP contribution in [0.4, 0.5) is 0 Å². The van der Waals surface area contributed by atoms with Crippen molar-refractivity contribution >= 4 is 24.7 Å². The average molecular weight is 703 g/mol. The van der Waals surface area contributed by atoms with Crippen LogP contribution in [-0.2, 0) is 14.0 Å². The van der Waals surface area contributed by atoms with Crippen molar-refractivity contribution in [3.8, 4) is 0 Å². The Morgan fingerprint density at radius 2 is 1.14 bits per heavy atom. The van der Waals surface area contributed by atoms with Crippen LogP contribution in [0.2, 0.25) is 5.04 Å². The maximum Gasteiger partial charge on any atom is 0.305 e. The van der Waals surface area contributed by atoms with E-state index in [1.54, 1.807) is 0 Å². The van der Waals surface area contributed by atoms with Crippen LogP contribution in [0.3, 0.4) is 0 Å². The van der Waals surface area contributed by atoms with E-state index < -0.39 is 8.32 Å². The van der Waals surface area contributed by atoms with Crippen LogP contribution >= 0.6 is 0 Å². The molecule has 0 amide bonds. The van der Waals surface area contributed by atoms with Crippen LogP contribution in [0, 0.1) is 5.92 Å². The summed E-state index contributed by atoms with van der Waals surface area (Å²) in [4.78, 5) is 12.6. The van der Waals surface area contributed by atoms with E-state index >= 15 is 0 Å². The zero-order valence-corrected chi connectivity index (χ0v) is 33.9. The molecular formula is C46H74O3Si. The summed E-state index contributed by atoms with van der Waals surface area (Å²) in [5.74, 6) is 0.433. The third-order valence-corrected chi connectivity index (χ3v) is 15.1. The number of benzene rings is 2. The van der Waals surface area contributed by atoms with E-state index in [1.165, 1.54) is 87.4 Å². The molecule has 0 heterocycles. The normalized spacial score (nSPS) is 13.0. The second-order valence-corrected chi connectivity index (χ2v) is 19.7. The van der Waals surface area contributed by atoms with Crippen LogP contribution in [0.5, 0.6) is 0 Å². The highest BCUT2D eigenvalue weighted by atomic mass is 28.4. The van der Waals surface area contributed by atoms with E-state index in [-0.39, 0.29) is 11.0 Å². The molecule has 0 aromatic heterocycles. The van der Waals surface area contributed by atoms with E-state index in [2.05, 4.69) is 120 Å². The van der Waals surface area contributed by atoms with Gasteiger partial charge in [0.1, 0.15) is 0 Å². The molecule has 4 heteroatoms. The summed E-state index contributed by atoms with van der Waals surface area (Å²) in [7, 11) is -2.56. The molecule has 2 rings (SSSR count). The quantitative estimate of drug-likeness (QED) is 0.0366. The summed E-state index contributed by atoms with van der Waals surface area (Å²) in [6.07, 6.45) is 32.7. The molecule has 0 spiro atoms. The van der Waals surface area contributed by atoms with Gasteiger partial charge in [-0.15, -0.1) is 0 Å². The molecule has 2 aromatic rings. The average Bonchev–Trinajstić information content (AvgIpc) is 3.12. The fourth-order valence-corrected chi connectivity index (χ4v) is 11.7. The van der Waals surface area contributed by atoms with Gasteiger partial charge in [0.25, 0.3) is 8.32 Å². The maximum atomic E-state index is 12.6. The molecule has 0 aliphatic heterocycles. The van der Waals surface area contributed by atoms with Crippen LogP contribution in [0.1, 0.15) is 163 Å². The zero-order valence-electron chi connectivity index (χ0n) is 32.9.